The van der Waals surface area contributed by atoms with Gasteiger partial charge in [-0.3, -0.25) is 9.69 Å². The zero-order valence-electron chi connectivity index (χ0n) is 23.6. The number of hydrogen-bond donors (Lipinski definition) is 2. The van der Waals surface area contributed by atoms with Crippen LogP contribution in [0.4, 0.5) is 5.69 Å². The molecule has 9 rings (SSSR count). The number of likely N-dealkylation sites (tertiary alicyclic amines) is 1. The lowest BCUT2D eigenvalue weighted by Crippen LogP contribution is -2.81. The molecule has 7 aliphatic rings. The van der Waals surface area contributed by atoms with Crippen LogP contribution in [0.3, 0.4) is 0 Å². The van der Waals surface area contributed by atoms with E-state index >= 15 is 0 Å². The van der Waals surface area contributed by atoms with Gasteiger partial charge in [-0.05, 0) is 86.7 Å². The van der Waals surface area contributed by atoms with Crippen LogP contribution in [0.1, 0.15) is 62.1 Å². The van der Waals surface area contributed by atoms with E-state index in [0.29, 0.717) is 19.3 Å². The van der Waals surface area contributed by atoms with Crippen molar-refractivity contribution in [2.75, 3.05) is 32.1 Å². The molecule has 5 aliphatic carbocycles. The number of nitrogens with zero attached hydrogens (tertiary/aromatic N) is 1. The minimum absolute atomic E-state index is 0.0768. The Hall–Kier alpha value is -2.61. The quantitative estimate of drug-likeness (QED) is 0.498. The second-order valence-electron chi connectivity index (χ2n) is 13.4. The van der Waals surface area contributed by atoms with Gasteiger partial charge in [0.05, 0.1) is 13.2 Å². The van der Waals surface area contributed by atoms with E-state index in [2.05, 4.69) is 16.3 Å². The molecule has 212 valence electrons. The van der Waals surface area contributed by atoms with E-state index in [9.17, 15) is 9.90 Å². The van der Waals surface area contributed by atoms with Crippen molar-refractivity contribution in [3.05, 3.63) is 53.1 Å². The van der Waals surface area contributed by atoms with Crippen molar-refractivity contribution in [1.82, 2.24) is 4.90 Å². The van der Waals surface area contributed by atoms with Crippen molar-refractivity contribution >= 4 is 11.6 Å². The van der Waals surface area contributed by atoms with Crippen LogP contribution in [0, 0.1) is 17.3 Å². The predicted octanol–water partition coefficient (Wildman–Crippen LogP) is 4.79. The highest BCUT2D eigenvalue weighted by Gasteiger charge is 2.80. The minimum Gasteiger partial charge on any atom is -0.504 e. The molecule has 1 amide bonds. The average molecular weight is 545 g/mol. The van der Waals surface area contributed by atoms with E-state index in [1.807, 2.05) is 37.4 Å². The fourth-order valence-electron chi connectivity index (χ4n) is 10.0. The number of anilines is 1. The van der Waals surface area contributed by atoms with Gasteiger partial charge in [-0.2, -0.15) is 0 Å². The van der Waals surface area contributed by atoms with Crippen molar-refractivity contribution in [1.29, 1.82) is 0 Å². The molecule has 2 N–H and O–H groups in total. The van der Waals surface area contributed by atoms with E-state index in [4.69, 9.17) is 14.2 Å². The first-order valence-electron chi connectivity index (χ1n) is 15.2. The molecule has 1 saturated heterocycles. The molecule has 6 atom stereocenters. The van der Waals surface area contributed by atoms with E-state index in [1.165, 1.54) is 37.4 Å². The molecule has 0 radical (unpaired) electrons. The maximum absolute atomic E-state index is 11.5. The fourth-order valence-corrected chi connectivity index (χ4v) is 10.0. The van der Waals surface area contributed by atoms with E-state index in [1.54, 1.807) is 0 Å². The number of ether oxygens (including phenoxy) is 3. The van der Waals surface area contributed by atoms with Crippen molar-refractivity contribution in [3.8, 4) is 11.5 Å². The first-order chi connectivity index (χ1) is 19.4. The smallest absolute Gasteiger partial charge is 0.221 e. The number of amides is 1. The van der Waals surface area contributed by atoms with E-state index in [-0.39, 0.29) is 34.5 Å². The molecule has 2 aliphatic heterocycles. The highest BCUT2D eigenvalue weighted by molar-refractivity contribution is 5.88. The molecule has 4 saturated carbocycles. The van der Waals surface area contributed by atoms with Crippen LogP contribution < -0.4 is 10.1 Å². The summed E-state index contributed by atoms with van der Waals surface area (Å²) in [6.07, 6.45) is 7.89. The summed E-state index contributed by atoms with van der Waals surface area (Å²) in [5, 5.41) is 13.9. The lowest BCUT2D eigenvalue weighted by Gasteiger charge is -2.74. The normalized spacial score (nSPS) is 36.7. The Balaban J connectivity index is 1.14. The van der Waals surface area contributed by atoms with Crippen LogP contribution in [-0.2, 0) is 32.7 Å². The molecule has 2 spiro atoms. The number of fused-ring (bicyclic) bond motifs is 2. The Morgan fingerprint density at radius 2 is 2.08 bits per heavy atom. The standard InChI is InChI=1S/C33H40N2O5/c1-20(36)34-25-5-3-4-22(14-25)18-39-19-24-16-31-10-11-33(24,38-2)30-32(31)12-13-35(17-21-6-7-21)27(31)15-23-8-9-26(37)29(40-30)28(23)32/h3-5,8-9,14,21,24,27,30,37H,6-7,10-13,15-19H2,1-2H3,(H,34,36)/t24-,27-,30-,31-,32+,33-/m1/s1. The van der Waals surface area contributed by atoms with Gasteiger partial charge in [0.1, 0.15) is 11.7 Å². The van der Waals surface area contributed by atoms with Gasteiger partial charge in [0.2, 0.25) is 5.91 Å². The van der Waals surface area contributed by atoms with Crippen molar-refractivity contribution in [2.24, 2.45) is 17.3 Å². The topological polar surface area (TPSA) is 80.3 Å². The monoisotopic (exact) mass is 544 g/mol. The number of benzene rings is 2. The number of aromatic hydroxyl groups is 1. The number of carbonyl (C=O) groups is 1. The van der Waals surface area contributed by atoms with Gasteiger partial charge in [-0.25, -0.2) is 0 Å². The summed E-state index contributed by atoms with van der Waals surface area (Å²) in [4.78, 5) is 14.4. The summed E-state index contributed by atoms with van der Waals surface area (Å²) < 4.78 is 20.0. The lowest BCUT2D eigenvalue weighted by molar-refractivity contribution is -0.283. The minimum atomic E-state index is -0.455. The number of hydrogen-bond acceptors (Lipinski definition) is 6. The molecule has 2 aromatic carbocycles. The molecular weight excluding hydrogens is 504 g/mol. The summed E-state index contributed by atoms with van der Waals surface area (Å²) in [6.45, 7) is 4.92. The summed E-state index contributed by atoms with van der Waals surface area (Å²) in [7, 11) is 1.86. The van der Waals surface area contributed by atoms with Gasteiger partial charge >= 0.3 is 0 Å². The average Bonchev–Trinajstić information content (AvgIpc) is 3.68. The van der Waals surface area contributed by atoms with Gasteiger partial charge in [-0.1, -0.05) is 18.2 Å². The van der Waals surface area contributed by atoms with Crippen LogP contribution in [-0.4, -0.2) is 60.5 Å². The molecule has 7 heteroatoms. The lowest BCUT2D eigenvalue weighted by atomic mass is 9.35. The number of rotatable bonds is 8. The molecule has 0 aromatic heterocycles. The van der Waals surface area contributed by atoms with Crippen molar-refractivity contribution in [2.45, 2.75) is 81.6 Å². The molecule has 2 aromatic rings. The summed E-state index contributed by atoms with van der Waals surface area (Å²) >= 11 is 0. The third-order valence-electron chi connectivity index (χ3n) is 11.6. The number of nitrogens with one attached hydrogen (secondary N) is 1. The molecule has 5 fully saturated rings. The van der Waals surface area contributed by atoms with Crippen LogP contribution in [0.5, 0.6) is 11.5 Å². The molecule has 2 heterocycles. The molecule has 4 bridgehead atoms. The summed E-state index contributed by atoms with van der Waals surface area (Å²) in [5.74, 6) is 1.97. The fraction of sp³-hybridized carbons (Fsp3) is 0.606. The zero-order chi connectivity index (χ0) is 27.3. The predicted molar refractivity (Wildman–Crippen MR) is 151 cm³/mol. The van der Waals surface area contributed by atoms with Gasteiger partial charge in [0.15, 0.2) is 11.5 Å². The number of phenols is 1. The highest BCUT2D eigenvalue weighted by Crippen LogP contribution is 2.76. The second kappa shape index (κ2) is 8.70. The Bertz CT molecular complexity index is 1370. The van der Waals surface area contributed by atoms with Gasteiger partial charge < -0.3 is 24.6 Å². The Kier molecular flexibility index (Phi) is 5.46. The van der Waals surface area contributed by atoms with Crippen molar-refractivity contribution < 1.29 is 24.1 Å². The summed E-state index contributed by atoms with van der Waals surface area (Å²) in [6, 6.07) is 12.4. The SMILES string of the molecule is CO[C@]12CC[C@@]3(C[C@@H]1COCc1cccc(NC(C)=O)c1)[C@H]1Cc4ccc(O)c5c4[C@@]3(CCN1CC1CC1)[C@H]2O5. The van der Waals surface area contributed by atoms with E-state index in [0.717, 1.165) is 61.6 Å². The molecule has 0 unspecified atom stereocenters. The summed E-state index contributed by atoms with van der Waals surface area (Å²) in [5.41, 5.74) is 4.03. The Morgan fingerprint density at radius 1 is 1.20 bits per heavy atom. The van der Waals surface area contributed by atoms with Crippen LogP contribution >= 0.6 is 0 Å². The van der Waals surface area contributed by atoms with Crippen molar-refractivity contribution in [3.63, 3.8) is 0 Å². The van der Waals surface area contributed by atoms with E-state index < -0.39 is 5.60 Å². The van der Waals surface area contributed by atoms with Gasteiger partial charge in [-0.15, -0.1) is 0 Å². The number of phenolic OH excluding ortho intramolecular Hbond substituents is 1. The van der Waals surface area contributed by atoms with Crippen LogP contribution in [0.2, 0.25) is 0 Å². The first kappa shape index (κ1) is 25.1. The van der Waals surface area contributed by atoms with Gasteiger partial charge in [0.25, 0.3) is 0 Å². The number of carbonyl (C=O) groups excluding carboxylic acids is 1. The highest BCUT2D eigenvalue weighted by atomic mass is 16.6. The largest absolute Gasteiger partial charge is 0.504 e. The van der Waals surface area contributed by atoms with Crippen LogP contribution in [0.25, 0.3) is 0 Å². The maximum atomic E-state index is 11.5. The van der Waals surface area contributed by atoms with Crippen LogP contribution in [0.15, 0.2) is 36.4 Å². The molecule has 40 heavy (non-hydrogen) atoms. The third kappa shape index (κ3) is 3.26. The first-order valence-corrected chi connectivity index (χ1v) is 15.2. The number of piperidine rings is 1. The van der Waals surface area contributed by atoms with Gasteiger partial charge in [0, 0.05) is 54.6 Å². The maximum Gasteiger partial charge on any atom is 0.221 e. The number of methoxy groups -OCH3 is 1. The Morgan fingerprint density at radius 3 is 2.88 bits per heavy atom. The third-order valence-corrected chi connectivity index (χ3v) is 11.6. The second-order valence-corrected chi connectivity index (χ2v) is 13.4. The molecular formula is C33H40N2O5. The Labute approximate surface area is 236 Å². The zero-order valence-corrected chi connectivity index (χ0v) is 23.6. The molecule has 7 nitrogen and oxygen atoms in total.